The molecule has 0 saturated carbocycles. The molecule has 0 amide bonds. The van der Waals surface area contributed by atoms with Crippen molar-refractivity contribution in [2.24, 2.45) is 17.3 Å². The van der Waals surface area contributed by atoms with E-state index in [0.29, 0.717) is 11.3 Å². The number of rotatable bonds is 0. The van der Waals surface area contributed by atoms with Crippen molar-refractivity contribution in [3.8, 4) is 0 Å². The molecule has 0 spiro atoms. The number of hydrogen-bond donors (Lipinski definition) is 0. The average molecular weight is 174 g/mol. The van der Waals surface area contributed by atoms with Crippen molar-refractivity contribution in [3.63, 3.8) is 0 Å². The minimum atomic E-state index is 0.342. The van der Waals surface area contributed by atoms with Crippen LogP contribution in [0.15, 0.2) is 36.0 Å². The molecular formula is C13H18. The highest BCUT2D eigenvalue weighted by Gasteiger charge is 2.34. The molecule has 0 aromatic carbocycles. The van der Waals surface area contributed by atoms with E-state index in [1.54, 1.807) is 0 Å². The van der Waals surface area contributed by atoms with Gasteiger partial charge in [-0.25, -0.2) is 0 Å². The van der Waals surface area contributed by atoms with Gasteiger partial charge in [0.15, 0.2) is 0 Å². The standard InChI is InChI=1S/C13H18/c1-10-6-7-11-5-4-8-13(2,3)12(11)9-10/h4,6-9,11-12H,5H2,1-3H3. The summed E-state index contributed by atoms with van der Waals surface area (Å²) in [6.45, 7) is 6.87. The first-order chi connectivity index (χ1) is 6.09. The fourth-order valence-corrected chi connectivity index (χ4v) is 2.49. The largest absolute Gasteiger partial charge is 0.0874 e. The second kappa shape index (κ2) is 2.87. The Kier molecular flexibility index (Phi) is 1.94. The molecule has 2 unspecified atom stereocenters. The molecule has 0 heteroatoms. The summed E-state index contributed by atoms with van der Waals surface area (Å²) < 4.78 is 0. The number of hydrogen-bond acceptors (Lipinski definition) is 0. The van der Waals surface area contributed by atoms with E-state index in [1.807, 2.05) is 0 Å². The molecule has 0 aliphatic heterocycles. The van der Waals surface area contributed by atoms with Crippen LogP contribution in [0, 0.1) is 17.3 Å². The molecule has 0 heterocycles. The zero-order chi connectivity index (χ0) is 9.47. The van der Waals surface area contributed by atoms with E-state index in [4.69, 9.17) is 0 Å². The molecule has 0 bridgehead atoms. The van der Waals surface area contributed by atoms with Crippen LogP contribution in [-0.4, -0.2) is 0 Å². The van der Waals surface area contributed by atoms with Crippen LogP contribution in [0.2, 0.25) is 0 Å². The first-order valence-electron chi connectivity index (χ1n) is 5.14. The van der Waals surface area contributed by atoms with Crippen molar-refractivity contribution in [2.45, 2.75) is 27.2 Å². The molecule has 0 N–H and O–H groups in total. The first kappa shape index (κ1) is 8.80. The summed E-state index contributed by atoms with van der Waals surface area (Å²) in [5.41, 5.74) is 1.76. The van der Waals surface area contributed by atoms with Gasteiger partial charge >= 0.3 is 0 Å². The van der Waals surface area contributed by atoms with Crippen LogP contribution in [0.5, 0.6) is 0 Å². The molecule has 0 fully saturated rings. The highest BCUT2D eigenvalue weighted by molar-refractivity contribution is 5.28. The first-order valence-corrected chi connectivity index (χ1v) is 5.14. The average Bonchev–Trinajstić information content (AvgIpc) is 2.06. The van der Waals surface area contributed by atoms with Crippen LogP contribution < -0.4 is 0 Å². The SMILES string of the molecule is CC1=CC2C(C=C1)CC=CC2(C)C. The van der Waals surface area contributed by atoms with Crippen LogP contribution in [0.4, 0.5) is 0 Å². The minimum absolute atomic E-state index is 0.342. The van der Waals surface area contributed by atoms with Gasteiger partial charge in [-0.05, 0) is 30.6 Å². The maximum atomic E-state index is 2.44. The number of allylic oxidation sites excluding steroid dienone is 6. The van der Waals surface area contributed by atoms with Crippen LogP contribution in [0.25, 0.3) is 0 Å². The van der Waals surface area contributed by atoms with Gasteiger partial charge in [-0.2, -0.15) is 0 Å². The summed E-state index contributed by atoms with van der Waals surface area (Å²) >= 11 is 0. The maximum absolute atomic E-state index is 2.44. The Balaban J connectivity index is 2.35. The van der Waals surface area contributed by atoms with E-state index in [-0.39, 0.29) is 0 Å². The van der Waals surface area contributed by atoms with E-state index in [1.165, 1.54) is 12.0 Å². The molecule has 13 heavy (non-hydrogen) atoms. The van der Waals surface area contributed by atoms with Crippen LogP contribution in [-0.2, 0) is 0 Å². The highest BCUT2D eigenvalue weighted by atomic mass is 14.4. The topological polar surface area (TPSA) is 0 Å². The Morgan fingerprint density at radius 2 is 2.15 bits per heavy atom. The third-order valence-corrected chi connectivity index (χ3v) is 3.32. The van der Waals surface area contributed by atoms with Crippen molar-refractivity contribution in [1.82, 2.24) is 0 Å². The van der Waals surface area contributed by atoms with Gasteiger partial charge in [0.1, 0.15) is 0 Å². The van der Waals surface area contributed by atoms with E-state index in [2.05, 4.69) is 51.2 Å². The fraction of sp³-hybridized carbons (Fsp3) is 0.538. The van der Waals surface area contributed by atoms with Crippen molar-refractivity contribution in [2.75, 3.05) is 0 Å². The van der Waals surface area contributed by atoms with Gasteiger partial charge in [-0.1, -0.05) is 49.8 Å². The summed E-state index contributed by atoms with van der Waals surface area (Å²) in [5, 5.41) is 0. The van der Waals surface area contributed by atoms with E-state index >= 15 is 0 Å². The molecule has 0 saturated heterocycles. The Morgan fingerprint density at radius 1 is 1.38 bits per heavy atom. The van der Waals surface area contributed by atoms with Crippen LogP contribution >= 0.6 is 0 Å². The molecule has 2 aliphatic carbocycles. The Hall–Kier alpha value is -0.780. The smallest absolute Gasteiger partial charge is 0.00758 e. The minimum Gasteiger partial charge on any atom is -0.0874 e. The molecule has 2 atom stereocenters. The third kappa shape index (κ3) is 1.50. The summed E-state index contributed by atoms with van der Waals surface area (Å²) in [6.07, 6.45) is 13.0. The quantitative estimate of drug-likeness (QED) is 0.491. The van der Waals surface area contributed by atoms with Crippen LogP contribution in [0.3, 0.4) is 0 Å². The Labute approximate surface area is 81.0 Å². The predicted molar refractivity (Wildman–Crippen MR) is 57.4 cm³/mol. The molecule has 0 nitrogen and oxygen atoms in total. The monoisotopic (exact) mass is 174 g/mol. The summed E-state index contributed by atoms with van der Waals surface area (Å²) in [7, 11) is 0. The lowest BCUT2D eigenvalue weighted by molar-refractivity contribution is 0.255. The second-order valence-corrected chi connectivity index (χ2v) is 4.92. The Morgan fingerprint density at radius 3 is 2.92 bits per heavy atom. The molecule has 2 aliphatic rings. The fourth-order valence-electron chi connectivity index (χ4n) is 2.49. The molecule has 0 radical (unpaired) electrons. The molecule has 0 aromatic rings. The van der Waals surface area contributed by atoms with Gasteiger partial charge < -0.3 is 0 Å². The maximum Gasteiger partial charge on any atom is -0.00758 e. The predicted octanol–water partition coefficient (Wildman–Crippen LogP) is 3.72. The molecule has 70 valence electrons. The van der Waals surface area contributed by atoms with Gasteiger partial charge in [0, 0.05) is 0 Å². The van der Waals surface area contributed by atoms with E-state index in [9.17, 15) is 0 Å². The highest BCUT2D eigenvalue weighted by Crippen LogP contribution is 2.43. The third-order valence-electron chi connectivity index (χ3n) is 3.32. The van der Waals surface area contributed by atoms with Crippen molar-refractivity contribution >= 4 is 0 Å². The zero-order valence-corrected chi connectivity index (χ0v) is 8.75. The van der Waals surface area contributed by atoms with E-state index < -0.39 is 0 Å². The van der Waals surface area contributed by atoms with Gasteiger partial charge in [0.2, 0.25) is 0 Å². The molecule has 0 aromatic heterocycles. The molecule has 2 rings (SSSR count). The second-order valence-electron chi connectivity index (χ2n) is 4.92. The van der Waals surface area contributed by atoms with Gasteiger partial charge in [0.25, 0.3) is 0 Å². The zero-order valence-electron chi connectivity index (χ0n) is 8.75. The lowest BCUT2D eigenvalue weighted by Crippen LogP contribution is -2.30. The van der Waals surface area contributed by atoms with Gasteiger partial charge in [-0.15, -0.1) is 0 Å². The van der Waals surface area contributed by atoms with Gasteiger partial charge in [0.05, 0.1) is 0 Å². The van der Waals surface area contributed by atoms with Crippen molar-refractivity contribution in [3.05, 3.63) is 36.0 Å². The number of fused-ring (bicyclic) bond motifs is 1. The van der Waals surface area contributed by atoms with Crippen molar-refractivity contribution in [1.29, 1.82) is 0 Å². The van der Waals surface area contributed by atoms with Crippen molar-refractivity contribution < 1.29 is 0 Å². The van der Waals surface area contributed by atoms with E-state index in [0.717, 1.165) is 5.92 Å². The normalized spacial score (nSPS) is 35.5. The lowest BCUT2D eigenvalue weighted by atomic mass is 9.65. The van der Waals surface area contributed by atoms with Crippen LogP contribution in [0.1, 0.15) is 27.2 Å². The van der Waals surface area contributed by atoms with Gasteiger partial charge in [-0.3, -0.25) is 0 Å². The summed E-state index contributed by atoms with van der Waals surface area (Å²) in [4.78, 5) is 0. The molecular weight excluding hydrogens is 156 g/mol. The Bertz CT molecular complexity index is 289. The summed E-state index contributed by atoms with van der Waals surface area (Å²) in [6, 6.07) is 0. The lowest BCUT2D eigenvalue weighted by Gasteiger charge is -2.39. The summed E-state index contributed by atoms with van der Waals surface area (Å²) in [5.74, 6) is 1.45.